The van der Waals surface area contributed by atoms with Crippen LogP contribution in [0.3, 0.4) is 0 Å². The minimum absolute atomic E-state index is 0.0329. The van der Waals surface area contributed by atoms with Crippen molar-refractivity contribution in [2.75, 3.05) is 59.0 Å². The molecule has 3 aromatic rings. The number of likely N-dealkylation sites (tertiary alicyclic amines) is 2. The Hall–Kier alpha value is -5.21. The van der Waals surface area contributed by atoms with Crippen LogP contribution in [-0.4, -0.2) is 125 Å². The van der Waals surface area contributed by atoms with E-state index in [1.807, 2.05) is 60.7 Å². The molecule has 14 heteroatoms. The van der Waals surface area contributed by atoms with E-state index in [9.17, 15) is 32.3 Å². The van der Waals surface area contributed by atoms with Crippen LogP contribution in [0.2, 0.25) is 0 Å². The Balaban J connectivity index is 1.14. The van der Waals surface area contributed by atoms with Crippen LogP contribution in [0.15, 0.2) is 91.0 Å². The first-order chi connectivity index (χ1) is 27.1. The lowest BCUT2D eigenvalue weighted by molar-refractivity contribution is -0.164. The van der Waals surface area contributed by atoms with Gasteiger partial charge in [-0.2, -0.15) is 13.2 Å². The van der Waals surface area contributed by atoms with Crippen molar-refractivity contribution in [1.29, 1.82) is 0 Å². The number of β-lactam (4-membered cyclic amide) rings is 1. The van der Waals surface area contributed by atoms with Crippen molar-refractivity contribution in [3.63, 3.8) is 0 Å². The number of nitrogens with zero attached hydrogens (tertiary/aromatic N) is 5. The van der Waals surface area contributed by atoms with Gasteiger partial charge in [0.2, 0.25) is 17.7 Å². The minimum atomic E-state index is -4.57. The summed E-state index contributed by atoms with van der Waals surface area (Å²) < 4.78 is 46.0. The third kappa shape index (κ3) is 8.92. The van der Waals surface area contributed by atoms with E-state index in [-0.39, 0.29) is 31.0 Å². The Morgan fingerprint density at radius 1 is 0.839 bits per heavy atom. The second-order valence-electron chi connectivity index (χ2n) is 14.8. The number of hydrogen-bond donors (Lipinski definition) is 1. The van der Waals surface area contributed by atoms with E-state index in [0.717, 1.165) is 49.4 Å². The molecule has 7 rings (SSSR count). The molecule has 4 saturated heterocycles. The van der Waals surface area contributed by atoms with Gasteiger partial charge in [0.05, 0.1) is 24.1 Å². The van der Waals surface area contributed by atoms with Gasteiger partial charge in [0, 0.05) is 45.8 Å². The maximum absolute atomic E-state index is 14.5. The summed E-state index contributed by atoms with van der Waals surface area (Å²) in [5.41, 5.74) is 0.953. The van der Waals surface area contributed by atoms with E-state index in [0.29, 0.717) is 26.2 Å². The largest absolute Gasteiger partial charge is 0.447 e. The number of carbonyl (C=O) groups excluding carboxylic acids is 4. The van der Waals surface area contributed by atoms with Gasteiger partial charge in [-0.25, -0.2) is 4.79 Å². The number of amides is 4. The topological polar surface area (TPSA) is 106 Å². The first-order valence-corrected chi connectivity index (χ1v) is 19.3. The van der Waals surface area contributed by atoms with Crippen molar-refractivity contribution >= 4 is 29.9 Å². The SMILES string of the molecule is O=C(NCc1cccc(C(F)(F)F)c1)[C@H](CC(=O)N1CCN(CCN2CCCC2)CC1)N1C(=O)[C@@H](N2C(=O)OC[C@@H]2c2ccccc2)[C@H]1/C=C/c1ccccc1. The van der Waals surface area contributed by atoms with Crippen molar-refractivity contribution in [2.24, 2.45) is 0 Å². The third-order valence-electron chi connectivity index (χ3n) is 11.2. The quantitative estimate of drug-likeness (QED) is 0.249. The smallest absolute Gasteiger partial charge is 0.416 e. The normalized spacial score (nSPS) is 22.7. The second kappa shape index (κ2) is 17.3. The molecule has 4 atom stereocenters. The van der Waals surface area contributed by atoms with E-state index in [4.69, 9.17) is 4.74 Å². The Labute approximate surface area is 324 Å². The molecule has 11 nitrogen and oxygen atoms in total. The molecule has 4 aliphatic rings. The maximum Gasteiger partial charge on any atom is 0.416 e. The zero-order valence-electron chi connectivity index (χ0n) is 31.2. The summed E-state index contributed by atoms with van der Waals surface area (Å²) in [7, 11) is 0. The first kappa shape index (κ1) is 39.0. The van der Waals surface area contributed by atoms with Crippen LogP contribution >= 0.6 is 0 Å². The molecule has 1 N–H and O–H groups in total. The van der Waals surface area contributed by atoms with Crippen molar-refractivity contribution < 1.29 is 37.1 Å². The number of benzene rings is 3. The van der Waals surface area contributed by atoms with E-state index in [1.165, 1.54) is 34.8 Å². The number of ether oxygens (including phenoxy) is 1. The highest BCUT2D eigenvalue weighted by Gasteiger charge is 2.58. The van der Waals surface area contributed by atoms with E-state index < -0.39 is 53.8 Å². The number of rotatable bonds is 13. The zero-order valence-corrected chi connectivity index (χ0v) is 31.2. The molecule has 0 radical (unpaired) electrons. The van der Waals surface area contributed by atoms with Gasteiger partial charge in [-0.1, -0.05) is 84.9 Å². The van der Waals surface area contributed by atoms with Gasteiger partial charge in [-0.05, 0) is 54.8 Å². The fraction of sp³-hybridized carbons (Fsp3) is 0.429. The van der Waals surface area contributed by atoms with Gasteiger partial charge in [0.1, 0.15) is 18.7 Å². The molecule has 0 aromatic heterocycles. The highest BCUT2D eigenvalue weighted by atomic mass is 19.4. The molecule has 4 amide bonds. The van der Waals surface area contributed by atoms with Crippen molar-refractivity contribution in [1.82, 2.24) is 29.8 Å². The lowest BCUT2D eigenvalue weighted by Crippen LogP contribution is -2.74. The Kier molecular flexibility index (Phi) is 12.1. The van der Waals surface area contributed by atoms with Crippen molar-refractivity contribution in [3.8, 4) is 0 Å². The lowest BCUT2D eigenvalue weighted by atomic mass is 9.87. The van der Waals surface area contributed by atoms with Gasteiger partial charge in [-0.3, -0.25) is 24.2 Å². The van der Waals surface area contributed by atoms with Gasteiger partial charge in [0.25, 0.3) is 0 Å². The van der Waals surface area contributed by atoms with Crippen LogP contribution in [0.1, 0.15) is 47.6 Å². The van der Waals surface area contributed by atoms with Crippen molar-refractivity contribution in [2.45, 2.75) is 56.2 Å². The summed E-state index contributed by atoms with van der Waals surface area (Å²) in [5.74, 6) is -1.53. The number of piperazine rings is 1. The van der Waals surface area contributed by atoms with Gasteiger partial charge in [-0.15, -0.1) is 0 Å². The average Bonchev–Trinajstić information content (AvgIpc) is 3.88. The standard InChI is InChI=1S/C42H47F3N6O5/c43-42(44,45)33-15-9-12-31(26-33)28-46-39(53)35(27-37(52)49-24-22-48(23-25-49)21-20-47-18-7-8-19-47)50-34(17-16-30-10-3-1-4-11-30)38(40(50)54)51-36(29-56-41(51)55)32-13-5-2-6-14-32/h1-6,9-17,26,34-36,38H,7-8,18-25,27-29H2,(H,46,53)/b17-16+/t34-,35+,36-,38+/m1/s1. The van der Waals surface area contributed by atoms with E-state index in [1.54, 1.807) is 17.1 Å². The molecule has 56 heavy (non-hydrogen) atoms. The maximum atomic E-state index is 14.5. The average molecular weight is 773 g/mol. The monoisotopic (exact) mass is 772 g/mol. The summed E-state index contributed by atoms with van der Waals surface area (Å²) in [6.07, 6.45) is 0.412. The first-order valence-electron chi connectivity index (χ1n) is 19.3. The summed E-state index contributed by atoms with van der Waals surface area (Å²) in [6, 6.07) is 19.5. The molecule has 0 bridgehead atoms. The molecule has 4 fully saturated rings. The summed E-state index contributed by atoms with van der Waals surface area (Å²) in [4.78, 5) is 65.3. The van der Waals surface area contributed by atoms with Crippen LogP contribution < -0.4 is 5.32 Å². The summed E-state index contributed by atoms with van der Waals surface area (Å²) in [5, 5.41) is 2.72. The van der Waals surface area contributed by atoms with Crippen molar-refractivity contribution in [3.05, 3.63) is 113 Å². The summed E-state index contributed by atoms with van der Waals surface area (Å²) in [6.45, 7) is 6.16. The van der Waals surface area contributed by atoms with Gasteiger partial charge < -0.3 is 24.8 Å². The summed E-state index contributed by atoms with van der Waals surface area (Å²) >= 11 is 0. The molecule has 296 valence electrons. The van der Waals surface area contributed by atoms with Gasteiger partial charge >= 0.3 is 12.3 Å². The fourth-order valence-electron chi connectivity index (χ4n) is 8.09. The number of carbonyl (C=O) groups is 4. The molecular weight excluding hydrogens is 725 g/mol. The Morgan fingerprint density at radius 2 is 1.50 bits per heavy atom. The van der Waals surface area contributed by atoms with Gasteiger partial charge in [0.15, 0.2) is 0 Å². The highest BCUT2D eigenvalue weighted by molar-refractivity contribution is 5.99. The second-order valence-corrected chi connectivity index (χ2v) is 14.8. The number of hydrogen-bond acceptors (Lipinski definition) is 7. The molecule has 0 unspecified atom stereocenters. The fourth-order valence-corrected chi connectivity index (χ4v) is 8.09. The molecule has 0 spiro atoms. The number of nitrogens with one attached hydrogen (secondary N) is 1. The molecule has 0 aliphatic carbocycles. The molecule has 3 aromatic carbocycles. The third-order valence-corrected chi connectivity index (χ3v) is 11.2. The number of alkyl halides is 3. The Bertz CT molecular complexity index is 1880. The zero-order chi connectivity index (χ0) is 39.2. The number of cyclic esters (lactones) is 1. The number of halogens is 3. The molecule has 4 heterocycles. The van der Waals surface area contributed by atoms with Crippen LogP contribution in [0.4, 0.5) is 18.0 Å². The van der Waals surface area contributed by atoms with E-state index in [2.05, 4.69) is 15.1 Å². The minimum Gasteiger partial charge on any atom is -0.447 e. The predicted molar refractivity (Wildman–Crippen MR) is 203 cm³/mol. The molecule has 4 aliphatic heterocycles. The van der Waals surface area contributed by atoms with E-state index >= 15 is 0 Å². The van der Waals surface area contributed by atoms with Crippen LogP contribution in [0, 0.1) is 0 Å². The van der Waals surface area contributed by atoms with Crippen LogP contribution in [-0.2, 0) is 31.8 Å². The molecule has 0 saturated carbocycles. The van der Waals surface area contributed by atoms with Crippen LogP contribution in [0.5, 0.6) is 0 Å². The molecular formula is C42H47F3N6O5. The van der Waals surface area contributed by atoms with Crippen LogP contribution in [0.25, 0.3) is 6.08 Å². The predicted octanol–water partition coefficient (Wildman–Crippen LogP) is 4.81. The Morgan fingerprint density at radius 3 is 2.18 bits per heavy atom. The lowest BCUT2D eigenvalue weighted by Gasteiger charge is -2.52. The highest BCUT2D eigenvalue weighted by Crippen LogP contribution is 2.39.